The van der Waals surface area contributed by atoms with E-state index >= 15 is 0 Å². The number of amides is 1. The molecule has 0 spiro atoms. The van der Waals surface area contributed by atoms with Crippen molar-refractivity contribution >= 4 is 18.3 Å². The molecule has 21 heavy (non-hydrogen) atoms. The Bertz CT molecular complexity index is 433. The summed E-state index contributed by atoms with van der Waals surface area (Å²) in [6.45, 7) is 3.59. The Balaban J connectivity index is 0.00000220. The van der Waals surface area contributed by atoms with Crippen molar-refractivity contribution < 1.29 is 4.79 Å². The minimum absolute atomic E-state index is 0. The van der Waals surface area contributed by atoms with Crippen molar-refractivity contribution in [1.29, 1.82) is 0 Å². The lowest BCUT2D eigenvalue weighted by molar-refractivity contribution is -0.134. The molecule has 0 aliphatic carbocycles. The second kappa shape index (κ2) is 9.06. The molecule has 3 nitrogen and oxygen atoms in total. The molecular weight excluding hydrogens is 284 g/mol. The van der Waals surface area contributed by atoms with Crippen molar-refractivity contribution in [3.63, 3.8) is 0 Å². The molecule has 4 heteroatoms. The number of piperidine rings is 1. The Morgan fingerprint density at radius 1 is 1.29 bits per heavy atom. The molecule has 1 aliphatic heterocycles. The molecule has 118 valence electrons. The van der Waals surface area contributed by atoms with Gasteiger partial charge < -0.3 is 10.6 Å². The normalized spacial score (nSPS) is 18.2. The van der Waals surface area contributed by atoms with Gasteiger partial charge in [-0.25, -0.2) is 0 Å². The summed E-state index contributed by atoms with van der Waals surface area (Å²) in [6, 6.07) is 8.85. The van der Waals surface area contributed by atoms with Crippen molar-refractivity contribution in [2.75, 3.05) is 13.1 Å². The molecule has 1 atom stereocenters. The van der Waals surface area contributed by atoms with Crippen LogP contribution in [0.15, 0.2) is 24.3 Å². The highest BCUT2D eigenvalue weighted by atomic mass is 35.5. The maximum Gasteiger partial charge on any atom is 0.222 e. The van der Waals surface area contributed by atoms with Gasteiger partial charge >= 0.3 is 0 Å². The Morgan fingerprint density at radius 2 is 2.00 bits per heavy atom. The predicted molar refractivity (Wildman–Crippen MR) is 89.8 cm³/mol. The van der Waals surface area contributed by atoms with Gasteiger partial charge in [0.2, 0.25) is 5.91 Å². The molecular formula is C17H27ClN2O. The highest BCUT2D eigenvalue weighted by molar-refractivity contribution is 5.85. The van der Waals surface area contributed by atoms with E-state index in [2.05, 4.69) is 31.2 Å². The number of carbonyl (C=O) groups excluding carboxylic acids is 1. The molecule has 0 bridgehead atoms. The van der Waals surface area contributed by atoms with Gasteiger partial charge in [0.15, 0.2) is 0 Å². The zero-order valence-electron chi connectivity index (χ0n) is 12.9. The zero-order valence-corrected chi connectivity index (χ0v) is 13.7. The van der Waals surface area contributed by atoms with E-state index in [0.29, 0.717) is 13.0 Å². The van der Waals surface area contributed by atoms with Crippen molar-refractivity contribution in [3.8, 4) is 0 Å². The number of halogens is 1. The predicted octanol–water partition coefficient (Wildman–Crippen LogP) is 3.08. The van der Waals surface area contributed by atoms with Crippen molar-refractivity contribution in [2.24, 2.45) is 5.73 Å². The lowest BCUT2D eigenvalue weighted by atomic mass is 10.0. The molecule has 1 heterocycles. The Hall–Kier alpha value is -1.06. The van der Waals surface area contributed by atoms with Crippen LogP contribution in [0.1, 0.15) is 43.2 Å². The van der Waals surface area contributed by atoms with E-state index in [1.165, 1.54) is 17.5 Å². The number of carbonyl (C=O) groups is 1. The van der Waals surface area contributed by atoms with Crippen LogP contribution < -0.4 is 5.73 Å². The topological polar surface area (TPSA) is 46.3 Å². The summed E-state index contributed by atoms with van der Waals surface area (Å²) in [5.74, 6) is 0.285. The van der Waals surface area contributed by atoms with Gasteiger partial charge in [0, 0.05) is 25.6 Å². The molecule has 2 N–H and O–H groups in total. The van der Waals surface area contributed by atoms with Gasteiger partial charge in [0.05, 0.1) is 0 Å². The first-order valence-electron chi connectivity index (χ1n) is 7.76. The van der Waals surface area contributed by atoms with Crippen LogP contribution in [0, 0.1) is 6.92 Å². The Labute approximate surface area is 134 Å². The van der Waals surface area contributed by atoms with Crippen LogP contribution in [0.4, 0.5) is 0 Å². The smallest absolute Gasteiger partial charge is 0.222 e. The lowest BCUT2D eigenvalue weighted by Gasteiger charge is -2.35. The summed E-state index contributed by atoms with van der Waals surface area (Å²) in [5, 5.41) is 0. The van der Waals surface area contributed by atoms with Gasteiger partial charge in [0.1, 0.15) is 0 Å². The first-order chi connectivity index (χ1) is 9.70. The molecule has 0 aromatic heterocycles. The molecule has 1 aromatic rings. The van der Waals surface area contributed by atoms with Crippen LogP contribution in [-0.2, 0) is 11.2 Å². The molecule has 1 saturated heterocycles. The average Bonchev–Trinajstić information content (AvgIpc) is 2.49. The van der Waals surface area contributed by atoms with Gasteiger partial charge in [-0.1, -0.05) is 29.8 Å². The fourth-order valence-corrected chi connectivity index (χ4v) is 2.92. The summed E-state index contributed by atoms with van der Waals surface area (Å²) in [6.07, 6.45) is 5.95. The maximum atomic E-state index is 12.3. The van der Waals surface area contributed by atoms with Gasteiger partial charge in [-0.2, -0.15) is 0 Å². The minimum atomic E-state index is 0. The summed E-state index contributed by atoms with van der Waals surface area (Å²) >= 11 is 0. The maximum absolute atomic E-state index is 12.3. The van der Waals surface area contributed by atoms with Crippen LogP contribution in [0.5, 0.6) is 0 Å². The quantitative estimate of drug-likeness (QED) is 0.908. The van der Waals surface area contributed by atoms with E-state index in [-0.39, 0.29) is 24.4 Å². The van der Waals surface area contributed by atoms with Crippen LogP contribution in [0.25, 0.3) is 0 Å². The number of hydrogen-bond donors (Lipinski definition) is 1. The Kier molecular flexibility index (Phi) is 7.76. The summed E-state index contributed by atoms with van der Waals surface area (Å²) in [5.41, 5.74) is 8.37. The summed E-state index contributed by atoms with van der Waals surface area (Å²) < 4.78 is 0. The number of likely N-dealkylation sites (tertiary alicyclic amines) is 1. The SMILES string of the molecule is Cc1ccc(CCCC(=O)N2CCCCC2CN)cc1.Cl. The van der Waals surface area contributed by atoms with E-state index in [1.807, 2.05) is 4.90 Å². The van der Waals surface area contributed by atoms with Gasteiger partial charge in [-0.15, -0.1) is 12.4 Å². The molecule has 1 unspecified atom stereocenters. The average molecular weight is 311 g/mol. The number of nitrogens with zero attached hydrogens (tertiary/aromatic N) is 1. The van der Waals surface area contributed by atoms with Crippen LogP contribution >= 0.6 is 12.4 Å². The second-order valence-electron chi connectivity index (χ2n) is 5.81. The van der Waals surface area contributed by atoms with E-state index < -0.39 is 0 Å². The molecule has 1 aromatic carbocycles. The highest BCUT2D eigenvalue weighted by Crippen LogP contribution is 2.18. The number of nitrogens with two attached hydrogens (primary N) is 1. The van der Waals surface area contributed by atoms with E-state index in [4.69, 9.17) is 5.73 Å². The minimum Gasteiger partial charge on any atom is -0.338 e. The molecule has 0 radical (unpaired) electrons. The summed E-state index contributed by atoms with van der Waals surface area (Å²) in [4.78, 5) is 14.3. The number of rotatable bonds is 5. The van der Waals surface area contributed by atoms with Crippen LogP contribution in [-0.4, -0.2) is 29.9 Å². The van der Waals surface area contributed by atoms with Crippen molar-refractivity contribution in [2.45, 2.75) is 51.5 Å². The monoisotopic (exact) mass is 310 g/mol. The lowest BCUT2D eigenvalue weighted by Crippen LogP contribution is -2.47. The molecule has 1 amide bonds. The second-order valence-corrected chi connectivity index (χ2v) is 5.81. The van der Waals surface area contributed by atoms with E-state index in [0.717, 1.165) is 32.2 Å². The van der Waals surface area contributed by atoms with Crippen LogP contribution in [0.3, 0.4) is 0 Å². The standard InChI is InChI=1S/C17H26N2O.ClH/c1-14-8-10-15(11-9-14)5-4-7-17(20)19-12-3-2-6-16(19)13-18;/h8-11,16H,2-7,12-13,18H2,1H3;1H. The fourth-order valence-electron chi connectivity index (χ4n) is 2.92. The molecule has 0 saturated carbocycles. The summed E-state index contributed by atoms with van der Waals surface area (Å²) in [7, 11) is 0. The molecule has 1 aliphatic rings. The third-order valence-corrected chi connectivity index (χ3v) is 4.20. The van der Waals surface area contributed by atoms with E-state index in [9.17, 15) is 4.79 Å². The first kappa shape index (κ1) is 18.0. The van der Waals surface area contributed by atoms with Gasteiger partial charge in [-0.3, -0.25) is 4.79 Å². The third kappa shape index (κ3) is 5.33. The first-order valence-corrected chi connectivity index (χ1v) is 7.76. The number of benzene rings is 1. The van der Waals surface area contributed by atoms with Crippen molar-refractivity contribution in [1.82, 2.24) is 4.90 Å². The molecule has 1 fully saturated rings. The third-order valence-electron chi connectivity index (χ3n) is 4.20. The van der Waals surface area contributed by atoms with Gasteiger partial charge in [0.25, 0.3) is 0 Å². The largest absolute Gasteiger partial charge is 0.338 e. The Morgan fingerprint density at radius 3 is 2.67 bits per heavy atom. The van der Waals surface area contributed by atoms with Gasteiger partial charge in [-0.05, 0) is 44.6 Å². The fraction of sp³-hybridized carbons (Fsp3) is 0.588. The number of hydrogen-bond acceptors (Lipinski definition) is 2. The van der Waals surface area contributed by atoms with Crippen LogP contribution in [0.2, 0.25) is 0 Å². The zero-order chi connectivity index (χ0) is 14.4. The highest BCUT2D eigenvalue weighted by Gasteiger charge is 2.24. The van der Waals surface area contributed by atoms with E-state index in [1.54, 1.807) is 0 Å². The van der Waals surface area contributed by atoms with Crippen molar-refractivity contribution in [3.05, 3.63) is 35.4 Å². The molecule has 2 rings (SSSR count). The number of aryl methyl sites for hydroxylation is 2.